The van der Waals surface area contributed by atoms with Crippen molar-refractivity contribution in [3.8, 4) is 10.6 Å². The number of rotatable bonds is 7. The van der Waals surface area contributed by atoms with Crippen LogP contribution in [-0.4, -0.2) is 19.6 Å². The molecule has 0 radical (unpaired) electrons. The van der Waals surface area contributed by atoms with E-state index in [2.05, 4.69) is 72.2 Å². The zero-order valence-corrected chi connectivity index (χ0v) is 17.3. The highest BCUT2D eigenvalue weighted by atomic mass is 32.1. The van der Waals surface area contributed by atoms with Crippen molar-refractivity contribution in [2.45, 2.75) is 33.5 Å². The summed E-state index contributed by atoms with van der Waals surface area (Å²) in [6.07, 6.45) is 2.16. The molecule has 1 N–H and O–H groups in total. The van der Waals surface area contributed by atoms with E-state index in [1.54, 1.807) is 11.3 Å². The molecule has 0 spiro atoms. The zero-order chi connectivity index (χ0) is 19.5. The molecule has 6 heteroatoms. The Balaban J connectivity index is 1.53. The fourth-order valence-corrected chi connectivity index (χ4v) is 4.20. The first kappa shape index (κ1) is 18.7. The third kappa shape index (κ3) is 3.93. The minimum absolute atomic E-state index is 0.774. The van der Waals surface area contributed by atoms with Gasteiger partial charge < -0.3 is 5.32 Å². The molecule has 0 fully saturated rings. The molecular weight excluding hydrogens is 366 g/mol. The minimum Gasteiger partial charge on any atom is -0.308 e. The summed E-state index contributed by atoms with van der Waals surface area (Å²) in [4.78, 5) is 1.21. The Morgan fingerprint density at radius 1 is 1.00 bits per heavy atom. The quantitative estimate of drug-likeness (QED) is 0.511. The summed E-state index contributed by atoms with van der Waals surface area (Å²) < 4.78 is 3.99. The van der Waals surface area contributed by atoms with E-state index in [0.717, 1.165) is 31.0 Å². The fraction of sp³-hybridized carbons (Fsp3) is 0.273. The van der Waals surface area contributed by atoms with Crippen molar-refractivity contribution >= 4 is 11.3 Å². The number of benzene rings is 1. The van der Waals surface area contributed by atoms with E-state index >= 15 is 0 Å². The highest BCUT2D eigenvalue weighted by Crippen LogP contribution is 2.27. The predicted octanol–water partition coefficient (Wildman–Crippen LogP) is 4.30. The molecule has 1 aromatic carbocycles. The second kappa shape index (κ2) is 8.12. The molecule has 4 aromatic rings. The van der Waals surface area contributed by atoms with Crippen molar-refractivity contribution in [1.29, 1.82) is 0 Å². The van der Waals surface area contributed by atoms with Gasteiger partial charge in [0, 0.05) is 43.2 Å². The van der Waals surface area contributed by atoms with E-state index in [4.69, 9.17) is 5.10 Å². The summed E-state index contributed by atoms with van der Waals surface area (Å²) in [6, 6.07) is 14.7. The minimum atomic E-state index is 0.774. The Morgan fingerprint density at radius 3 is 2.50 bits per heavy atom. The average Bonchev–Trinajstić information content (AvgIpc) is 3.39. The summed E-state index contributed by atoms with van der Waals surface area (Å²) in [7, 11) is 1.99. The van der Waals surface area contributed by atoms with Crippen LogP contribution < -0.4 is 5.32 Å². The maximum atomic E-state index is 4.88. The van der Waals surface area contributed by atoms with Crippen molar-refractivity contribution in [2.75, 3.05) is 0 Å². The van der Waals surface area contributed by atoms with Gasteiger partial charge in [0.1, 0.15) is 5.69 Å². The summed E-state index contributed by atoms with van der Waals surface area (Å²) in [5, 5.41) is 15.1. The van der Waals surface area contributed by atoms with Gasteiger partial charge in [0.2, 0.25) is 0 Å². The Hall–Kier alpha value is -2.70. The molecule has 28 heavy (non-hydrogen) atoms. The number of hydrogen-bond acceptors (Lipinski definition) is 4. The average molecular weight is 392 g/mol. The summed E-state index contributed by atoms with van der Waals surface area (Å²) in [5.74, 6) is 0. The first-order chi connectivity index (χ1) is 13.6. The van der Waals surface area contributed by atoms with Gasteiger partial charge in [-0.1, -0.05) is 36.4 Å². The highest BCUT2D eigenvalue weighted by molar-refractivity contribution is 7.13. The molecule has 0 saturated heterocycles. The van der Waals surface area contributed by atoms with Crippen LogP contribution >= 0.6 is 11.3 Å². The van der Waals surface area contributed by atoms with Crippen LogP contribution in [0.15, 0.2) is 54.0 Å². The largest absolute Gasteiger partial charge is 0.308 e. The topological polar surface area (TPSA) is 47.7 Å². The smallest absolute Gasteiger partial charge is 0.107 e. The van der Waals surface area contributed by atoms with Gasteiger partial charge in [-0.25, -0.2) is 0 Å². The van der Waals surface area contributed by atoms with Crippen LogP contribution in [0.25, 0.3) is 10.6 Å². The van der Waals surface area contributed by atoms with Crippen LogP contribution in [0.1, 0.15) is 28.1 Å². The normalized spacial score (nSPS) is 11.2. The van der Waals surface area contributed by atoms with E-state index in [9.17, 15) is 0 Å². The van der Waals surface area contributed by atoms with Gasteiger partial charge in [0.15, 0.2) is 0 Å². The first-order valence-electron chi connectivity index (χ1n) is 9.45. The van der Waals surface area contributed by atoms with E-state index in [-0.39, 0.29) is 0 Å². The van der Waals surface area contributed by atoms with E-state index < -0.39 is 0 Å². The van der Waals surface area contributed by atoms with Crippen LogP contribution in [0.3, 0.4) is 0 Å². The molecule has 5 nitrogen and oxygen atoms in total. The lowest BCUT2D eigenvalue weighted by Gasteiger charge is -2.05. The van der Waals surface area contributed by atoms with Crippen LogP contribution in [0.2, 0.25) is 0 Å². The van der Waals surface area contributed by atoms with Gasteiger partial charge >= 0.3 is 0 Å². The van der Waals surface area contributed by atoms with Crippen LogP contribution in [0, 0.1) is 13.8 Å². The van der Waals surface area contributed by atoms with Crippen molar-refractivity contribution in [3.63, 3.8) is 0 Å². The molecule has 0 atom stereocenters. The molecule has 0 amide bonds. The Kier molecular flexibility index (Phi) is 5.41. The lowest BCUT2D eigenvalue weighted by Crippen LogP contribution is -2.14. The second-order valence-electron chi connectivity index (χ2n) is 7.04. The first-order valence-corrected chi connectivity index (χ1v) is 10.3. The van der Waals surface area contributed by atoms with Gasteiger partial charge in [-0.3, -0.25) is 9.36 Å². The van der Waals surface area contributed by atoms with E-state index in [0.29, 0.717) is 0 Å². The van der Waals surface area contributed by atoms with Gasteiger partial charge in [0.25, 0.3) is 0 Å². The number of aromatic nitrogens is 4. The predicted molar refractivity (Wildman–Crippen MR) is 114 cm³/mol. The van der Waals surface area contributed by atoms with Gasteiger partial charge in [-0.15, -0.1) is 11.3 Å². The Labute approximate surface area is 169 Å². The fourth-order valence-electron chi connectivity index (χ4n) is 3.46. The number of nitrogens with one attached hydrogen (secondary N) is 1. The molecule has 3 aromatic heterocycles. The molecule has 4 rings (SSSR count). The van der Waals surface area contributed by atoms with E-state index in [1.807, 2.05) is 22.5 Å². The second-order valence-corrected chi connectivity index (χ2v) is 7.99. The third-order valence-electron chi connectivity index (χ3n) is 5.06. The molecule has 3 heterocycles. The maximum Gasteiger partial charge on any atom is 0.107 e. The molecule has 0 aliphatic rings. The zero-order valence-electron chi connectivity index (χ0n) is 16.5. The van der Waals surface area contributed by atoms with Crippen LogP contribution in [0.5, 0.6) is 0 Å². The van der Waals surface area contributed by atoms with Crippen molar-refractivity contribution in [2.24, 2.45) is 7.05 Å². The molecule has 144 valence electrons. The molecular formula is C22H25N5S. The van der Waals surface area contributed by atoms with Gasteiger partial charge in [-0.05, 0) is 30.9 Å². The number of thiophene rings is 1. The maximum absolute atomic E-state index is 4.88. The molecule has 0 bridgehead atoms. The van der Waals surface area contributed by atoms with Gasteiger partial charge in [-0.2, -0.15) is 10.2 Å². The summed E-state index contributed by atoms with van der Waals surface area (Å²) in [6.45, 7) is 6.54. The number of aryl methyl sites for hydroxylation is 2. The molecule has 0 saturated carbocycles. The highest BCUT2D eigenvalue weighted by Gasteiger charge is 2.14. The van der Waals surface area contributed by atoms with Crippen LogP contribution in [-0.2, 0) is 26.7 Å². The van der Waals surface area contributed by atoms with Gasteiger partial charge in [0.05, 0.1) is 17.1 Å². The molecule has 0 aliphatic carbocycles. The van der Waals surface area contributed by atoms with Crippen molar-refractivity contribution in [3.05, 3.63) is 82.1 Å². The van der Waals surface area contributed by atoms with Crippen molar-refractivity contribution < 1.29 is 0 Å². The molecule has 0 aliphatic heterocycles. The Morgan fingerprint density at radius 2 is 1.82 bits per heavy atom. The lowest BCUT2D eigenvalue weighted by atomic mass is 10.2. The number of hydrogen-bond donors (Lipinski definition) is 1. The van der Waals surface area contributed by atoms with Crippen molar-refractivity contribution in [1.82, 2.24) is 24.9 Å². The Bertz CT molecular complexity index is 1040. The standard InChI is InChI=1S/C22H25N5S/c1-16-20(17(2)26(3)24-16)13-23-12-19-15-27(14-18-8-5-4-6-9-18)25-22(19)21-10-7-11-28-21/h4-11,15,23H,12-14H2,1-3H3. The summed E-state index contributed by atoms with van der Waals surface area (Å²) in [5.41, 5.74) is 7.12. The SMILES string of the molecule is Cc1nn(C)c(C)c1CNCc1cn(Cc2ccccc2)nc1-c1cccs1. The van der Waals surface area contributed by atoms with E-state index in [1.165, 1.54) is 27.3 Å². The summed E-state index contributed by atoms with van der Waals surface area (Å²) >= 11 is 1.73. The molecule has 0 unspecified atom stereocenters. The monoisotopic (exact) mass is 391 g/mol. The van der Waals surface area contributed by atoms with Crippen LogP contribution in [0.4, 0.5) is 0 Å². The third-order valence-corrected chi connectivity index (χ3v) is 5.93. The lowest BCUT2D eigenvalue weighted by molar-refractivity contribution is 0.674. The number of nitrogens with zero attached hydrogens (tertiary/aromatic N) is 4.